The Balaban J connectivity index is 1.45. The molecule has 0 aliphatic rings. The summed E-state index contributed by atoms with van der Waals surface area (Å²) in [5.41, 5.74) is 4.99. The molecule has 0 saturated heterocycles. The summed E-state index contributed by atoms with van der Waals surface area (Å²) in [5, 5.41) is 6.40. The molecule has 2 N–H and O–H groups in total. The number of hydrogen-bond acceptors (Lipinski definition) is 5. The van der Waals surface area contributed by atoms with Gasteiger partial charge in [-0.05, 0) is 76.9 Å². The number of carbonyl (C=O) groups excluding carboxylic acids is 3. The number of esters is 1. The molecule has 32 heavy (non-hydrogen) atoms. The lowest BCUT2D eigenvalue weighted by Crippen LogP contribution is -2.34. The van der Waals surface area contributed by atoms with Crippen molar-refractivity contribution in [2.75, 3.05) is 6.54 Å². The zero-order chi connectivity index (χ0) is 22.9. The molecule has 2 amide bonds. The van der Waals surface area contributed by atoms with Gasteiger partial charge in [0, 0.05) is 10.0 Å². The molecule has 7 nitrogen and oxygen atoms in total. The number of halogens is 1. The van der Waals surface area contributed by atoms with Crippen molar-refractivity contribution in [1.29, 1.82) is 0 Å². The third-order valence-corrected chi connectivity index (χ3v) is 5.00. The minimum Gasteiger partial charge on any atom is -0.423 e. The molecule has 0 aromatic heterocycles. The van der Waals surface area contributed by atoms with E-state index in [2.05, 4.69) is 31.8 Å². The maximum absolute atomic E-state index is 12.2. The molecule has 0 aliphatic carbocycles. The molecule has 0 aliphatic heterocycles. The molecular weight excluding hydrogens is 474 g/mol. The van der Waals surface area contributed by atoms with Crippen molar-refractivity contribution in [3.63, 3.8) is 0 Å². The van der Waals surface area contributed by atoms with Gasteiger partial charge in [0.1, 0.15) is 5.75 Å². The number of nitrogens with zero attached hydrogens (tertiary/aromatic N) is 1. The van der Waals surface area contributed by atoms with Gasteiger partial charge in [0.2, 0.25) is 0 Å². The fourth-order valence-electron chi connectivity index (χ4n) is 2.60. The second kappa shape index (κ2) is 11.0. The van der Waals surface area contributed by atoms with E-state index in [4.69, 9.17) is 4.74 Å². The van der Waals surface area contributed by atoms with Crippen LogP contribution in [-0.2, 0) is 4.79 Å². The summed E-state index contributed by atoms with van der Waals surface area (Å²) in [4.78, 5) is 36.1. The van der Waals surface area contributed by atoms with Crippen LogP contribution in [0.3, 0.4) is 0 Å². The van der Waals surface area contributed by atoms with Crippen LogP contribution in [0, 0.1) is 6.92 Å². The minimum absolute atomic E-state index is 0.200. The van der Waals surface area contributed by atoms with Crippen molar-refractivity contribution < 1.29 is 19.1 Å². The maximum Gasteiger partial charge on any atom is 0.344 e. The van der Waals surface area contributed by atoms with E-state index in [9.17, 15) is 14.4 Å². The lowest BCUT2D eigenvalue weighted by molar-refractivity contribution is -0.120. The van der Waals surface area contributed by atoms with Gasteiger partial charge in [-0.15, -0.1) is 0 Å². The van der Waals surface area contributed by atoms with E-state index in [0.717, 1.165) is 5.56 Å². The molecular formula is C24H20BrN3O4. The van der Waals surface area contributed by atoms with Crippen molar-refractivity contribution in [2.45, 2.75) is 6.92 Å². The van der Waals surface area contributed by atoms with E-state index >= 15 is 0 Å². The second-order valence-corrected chi connectivity index (χ2v) is 7.63. The van der Waals surface area contributed by atoms with Crippen molar-refractivity contribution in [3.05, 3.63) is 99.5 Å². The molecule has 3 aromatic rings. The van der Waals surface area contributed by atoms with Gasteiger partial charge in [-0.1, -0.05) is 29.8 Å². The highest BCUT2D eigenvalue weighted by Gasteiger charge is 2.11. The fraction of sp³-hybridized carbons (Fsp3) is 0.0833. The van der Waals surface area contributed by atoms with Gasteiger partial charge >= 0.3 is 5.97 Å². The summed E-state index contributed by atoms with van der Waals surface area (Å²) in [6.45, 7) is 1.73. The summed E-state index contributed by atoms with van der Waals surface area (Å²) in [7, 11) is 0. The van der Waals surface area contributed by atoms with Crippen molar-refractivity contribution in [3.8, 4) is 5.75 Å². The van der Waals surface area contributed by atoms with E-state index in [1.54, 1.807) is 54.6 Å². The Morgan fingerprint density at radius 3 is 2.34 bits per heavy atom. The predicted molar refractivity (Wildman–Crippen MR) is 125 cm³/mol. The van der Waals surface area contributed by atoms with Crippen molar-refractivity contribution in [1.82, 2.24) is 10.7 Å². The molecule has 3 rings (SSSR count). The van der Waals surface area contributed by atoms with Crippen LogP contribution >= 0.6 is 15.9 Å². The quantitative estimate of drug-likeness (QED) is 0.226. The Morgan fingerprint density at radius 1 is 0.969 bits per heavy atom. The average molecular weight is 494 g/mol. The first kappa shape index (κ1) is 22.9. The second-order valence-electron chi connectivity index (χ2n) is 6.78. The predicted octanol–water partition coefficient (Wildman–Crippen LogP) is 3.86. The number of ether oxygens (including phenoxy) is 1. The number of aryl methyl sites for hydroxylation is 1. The largest absolute Gasteiger partial charge is 0.423 e. The molecule has 3 aromatic carbocycles. The topological polar surface area (TPSA) is 96.9 Å². The molecule has 0 atom stereocenters. The number of hydrogen-bond donors (Lipinski definition) is 2. The van der Waals surface area contributed by atoms with Crippen LogP contribution in [0.4, 0.5) is 0 Å². The monoisotopic (exact) mass is 493 g/mol. The fourth-order valence-corrected chi connectivity index (χ4v) is 3.04. The third-order valence-electron chi connectivity index (χ3n) is 4.31. The van der Waals surface area contributed by atoms with Gasteiger partial charge in [0.15, 0.2) is 0 Å². The van der Waals surface area contributed by atoms with E-state index < -0.39 is 11.9 Å². The van der Waals surface area contributed by atoms with Crippen molar-refractivity contribution in [2.24, 2.45) is 5.10 Å². The number of amides is 2. The lowest BCUT2D eigenvalue weighted by atomic mass is 10.1. The Bertz CT molecular complexity index is 1140. The number of rotatable bonds is 7. The lowest BCUT2D eigenvalue weighted by Gasteiger charge is -2.06. The van der Waals surface area contributed by atoms with Gasteiger partial charge in [0.25, 0.3) is 11.8 Å². The SMILES string of the molecule is Cc1ccc(C(=O)NCC(=O)N/N=C\c2ccc(OC(=O)c3ccccc3Br)cc2)cc1. The summed E-state index contributed by atoms with van der Waals surface area (Å²) < 4.78 is 6.01. The highest BCUT2D eigenvalue weighted by atomic mass is 79.9. The zero-order valence-corrected chi connectivity index (χ0v) is 18.8. The van der Waals surface area contributed by atoms with Crippen LogP contribution in [0.25, 0.3) is 0 Å². The Labute approximate surface area is 193 Å². The number of nitrogens with one attached hydrogen (secondary N) is 2. The first-order valence-corrected chi connectivity index (χ1v) is 10.5. The Kier molecular flexibility index (Phi) is 7.88. The number of carbonyl (C=O) groups is 3. The minimum atomic E-state index is -0.473. The van der Waals surface area contributed by atoms with Gasteiger partial charge in [-0.25, -0.2) is 10.2 Å². The normalized spacial score (nSPS) is 10.6. The molecule has 0 heterocycles. The van der Waals surface area contributed by atoms with Crippen LogP contribution < -0.4 is 15.5 Å². The highest BCUT2D eigenvalue weighted by molar-refractivity contribution is 9.10. The molecule has 0 bridgehead atoms. The van der Waals surface area contributed by atoms with Gasteiger partial charge in [-0.3, -0.25) is 9.59 Å². The standard InChI is InChI=1S/C24H20BrN3O4/c1-16-6-10-18(11-7-16)23(30)26-15-22(29)28-27-14-17-8-12-19(13-9-17)32-24(31)20-4-2-3-5-21(20)25/h2-14H,15H2,1H3,(H,26,30)(H,28,29)/b27-14-. The van der Waals surface area contributed by atoms with Crippen molar-refractivity contribution >= 4 is 39.9 Å². The molecule has 0 unspecified atom stereocenters. The summed E-state index contributed by atoms with van der Waals surface area (Å²) in [6, 6.07) is 20.7. The molecule has 162 valence electrons. The van der Waals surface area contributed by atoms with E-state index in [1.807, 2.05) is 25.1 Å². The first-order chi connectivity index (χ1) is 15.4. The van der Waals surface area contributed by atoms with E-state index in [-0.39, 0.29) is 12.5 Å². The number of hydrazone groups is 1. The zero-order valence-electron chi connectivity index (χ0n) is 17.2. The van der Waals surface area contributed by atoms with E-state index in [1.165, 1.54) is 6.21 Å². The van der Waals surface area contributed by atoms with E-state index in [0.29, 0.717) is 26.9 Å². The third kappa shape index (κ3) is 6.61. The van der Waals surface area contributed by atoms with Crippen LogP contribution in [0.5, 0.6) is 5.75 Å². The van der Waals surface area contributed by atoms with Gasteiger partial charge in [0.05, 0.1) is 18.3 Å². The summed E-state index contributed by atoms with van der Waals surface area (Å²) in [5.74, 6) is -0.887. The highest BCUT2D eigenvalue weighted by Crippen LogP contribution is 2.19. The van der Waals surface area contributed by atoms with Crippen LogP contribution in [0.15, 0.2) is 82.4 Å². The van der Waals surface area contributed by atoms with Gasteiger partial charge < -0.3 is 10.1 Å². The Hall–Kier alpha value is -3.78. The number of benzene rings is 3. The maximum atomic E-state index is 12.2. The molecule has 0 fully saturated rings. The van der Waals surface area contributed by atoms with Crippen LogP contribution in [0.1, 0.15) is 31.8 Å². The van der Waals surface area contributed by atoms with Crippen LogP contribution in [0.2, 0.25) is 0 Å². The summed E-state index contributed by atoms with van der Waals surface area (Å²) >= 11 is 3.32. The molecule has 8 heteroatoms. The molecule has 0 radical (unpaired) electrons. The summed E-state index contributed by atoms with van der Waals surface area (Å²) in [6.07, 6.45) is 1.44. The smallest absolute Gasteiger partial charge is 0.344 e. The van der Waals surface area contributed by atoms with Gasteiger partial charge in [-0.2, -0.15) is 5.10 Å². The van der Waals surface area contributed by atoms with Crippen LogP contribution in [-0.4, -0.2) is 30.5 Å². The Morgan fingerprint density at radius 2 is 1.66 bits per heavy atom. The average Bonchev–Trinajstić information content (AvgIpc) is 2.79. The molecule has 0 spiro atoms. The first-order valence-electron chi connectivity index (χ1n) is 9.66. The molecule has 0 saturated carbocycles.